The van der Waals surface area contributed by atoms with Crippen LogP contribution in [0.25, 0.3) is 11.0 Å². The largest absolute Gasteiger partial charge is 0.440 e. The van der Waals surface area contributed by atoms with Crippen LogP contribution in [0, 0.1) is 0 Å². The minimum Gasteiger partial charge on any atom is -0.440 e. The number of para-hydroxylation sites is 2. The van der Waals surface area contributed by atoms with Gasteiger partial charge >= 0.3 is 0 Å². The Balaban J connectivity index is 1.95. The predicted molar refractivity (Wildman–Crippen MR) is 84.6 cm³/mol. The number of nitrogens with two attached hydrogens (primary N) is 1. The van der Waals surface area contributed by atoms with Gasteiger partial charge in [-0.2, -0.15) is 5.10 Å². The molecule has 1 heterocycles. The van der Waals surface area contributed by atoms with E-state index in [0.717, 1.165) is 5.69 Å². The third-order valence-corrected chi connectivity index (χ3v) is 3.02. The summed E-state index contributed by atoms with van der Waals surface area (Å²) in [5, 5.41) is 4.50. The number of hydrogen-bond acceptors (Lipinski definition) is 5. The standard InChI is InChI=1S/C16H13N3O2/c17-16-13(10-18-19-11-6-2-1-3-7-11)15(20)12-8-4-5-9-14(12)21-16/h1-10,19H,17H2/b18-10+. The van der Waals surface area contributed by atoms with E-state index in [9.17, 15) is 4.79 Å². The van der Waals surface area contributed by atoms with Gasteiger partial charge in [0.1, 0.15) is 11.1 Å². The maximum Gasteiger partial charge on any atom is 0.203 e. The molecule has 0 spiro atoms. The van der Waals surface area contributed by atoms with E-state index < -0.39 is 0 Å². The van der Waals surface area contributed by atoms with Crippen LogP contribution in [0.3, 0.4) is 0 Å². The van der Waals surface area contributed by atoms with Crippen molar-refractivity contribution < 1.29 is 4.42 Å². The van der Waals surface area contributed by atoms with Gasteiger partial charge in [0.15, 0.2) is 0 Å². The summed E-state index contributed by atoms with van der Waals surface area (Å²) in [6.45, 7) is 0. The zero-order valence-electron chi connectivity index (χ0n) is 11.1. The Morgan fingerprint density at radius 3 is 2.57 bits per heavy atom. The van der Waals surface area contributed by atoms with Crippen LogP contribution < -0.4 is 16.6 Å². The van der Waals surface area contributed by atoms with E-state index in [1.807, 2.05) is 30.3 Å². The second-order valence-corrected chi connectivity index (χ2v) is 4.44. The summed E-state index contributed by atoms with van der Waals surface area (Å²) in [6, 6.07) is 16.4. The zero-order chi connectivity index (χ0) is 14.7. The molecule has 0 aliphatic carbocycles. The number of nitrogens with zero attached hydrogens (tertiary/aromatic N) is 1. The molecule has 0 unspecified atom stereocenters. The molecule has 21 heavy (non-hydrogen) atoms. The average molecular weight is 279 g/mol. The number of nitrogens with one attached hydrogen (secondary N) is 1. The molecule has 2 aromatic carbocycles. The number of rotatable bonds is 3. The molecule has 5 nitrogen and oxygen atoms in total. The third kappa shape index (κ3) is 2.62. The van der Waals surface area contributed by atoms with Crippen molar-refractivity contribution in [1.29, 1.82) is 0 Å². The first-order chi connectivity index (χ1) is 10.3. The van der Waals surface area contributed by atoms with Crippen molar-refractivity contribution in [2.24, 2.45) is 5.10 Å². The van der Waals surface area contributed by atoms with E-state index >= 15 is 0 Å². The summed E-state index contributed by atoms with van der Waals surface area (Å²) in [5.74, 6) is 0.0531. The Kier molecular flexibility index (Phi) is 3.39. The highest BCUT2D eigenvalue weighted by Gasteiger charge is 2.09. The van der Waals surface area contributed by atoms with Gasteiger partial charge in [-0.25, -0.2) is 0 Å². The molecule has 0 atom stereocenters. The molecule has 0 aliphatic heterocycles. The van der Waals surface area contributed by atoms with E-state index in [1.54, 1.807) is 24.3 Å². The fraction of sp³-hybridized carbons (Fsp3) is 0. The smallest absolute Gasteiger partial charge is 0.203 e. The Labute approximate surface area is 120 Å². The van der Waals surface area contributed by atoms with Crippen LogP contribution in [0.1, 0.15) is 5.56 Å². The van der Waals surface area contributed by atoms with E-state index in [0.29, 0.717) is 11.0 Å². The molecule has 104 valence electrons. The Bertz CT molecular complexity index is 854. The average Bonchev–Trinajstić information content (AvgIpc) is 2.51. The molecule has 3 rings (SSSR count). The van der Waals surface area contributed by atoms with Crippen LogP contribution in [0.15, 0.2) is 68.9 Å². The summed E-state index contributed by atoms with van der Waals surface area (Å²) >= 11 is 0. The number of nitrogen functional groups attached to an aromatic ring is 1. The van der Waals surface area contributed by atoms with Crippen LogP contribution in [-0.2, 0) is 0 Å². The monoisotopic (exact) mass is 279 g/mol. The first-order valence-electron chi connectivity index (χ1n) is 6.41. The fourth-order valence-electron chi connectivity index (χ4n) is 1.98. The molecule has 0 amide bonds. The maximum absolute atomic E-state index is 12.3. The van der Waals surface area contributed by atoms with Crippen molar-refractivity contribution in [3.63, 3.8) is 0 Å². The van der Waals surface area contributed by atoms with Crippen molar-refractivity contribution in [2.75, 3.05) is 11.2 Å². The van der Waals surface area contributed by atoms with Crippen LogP contribution in [-0.4, -0.2) is 6.21 Å². The van der Waals surface area contributed by atoms with Crippen LogP contribution in [0.5, 0.6) is 0 Å². The summed E-state index contributed by atoms with van der Waals surface area (Å²) < 4.78 is 5.44. The van der Waals surface area contributed by atoms with E-state index in [2.05, 4.69) is 10.5 Å². The first-order valence-corrected chi connectivity index (χ1v) is 6.41. The van der Waals surface area contributed by atoms with Gasteiger partial charge in [0.2, 0.25) is 11.3 Å². The van der Waals surface area contributed by atoms with Crippen molar-refractivity contribution in [3.05, 3.63) is 70.4 Å². The van der Waals surface area contributed by atoms with E-state index in [1.165, 1.54) is 6.21 Å². The molecule has 1 aromatic heterocycles. The van der Waals surface area contributed by atoms with Crippen LogP contribution in [0.4, 0.5) is 11.6 Å². The molecule has 3 aromatic rings. The highest BCUT2D eigenvalue weighted by atomic mass is 16.3. The van der Waals surface area contributed by atoms with Gasteiger partial charge in [-0.15, -0.1) is 0 Å². The minimum atomic E-state index is -0.201. The molecular formula is C16H13N3O2. The number of hydrogen-bond donors (Lipinski definition) is 2. The van der Waals surface area contributed by atoms with Crippen molar-refractivity contribution in [1.82, 2.24) is 0 Å². The van der Waals surface area contributed by atoms with Gasteiger partial charge in [0.25, 0.3) is 0 Å². The molecule has 5 heteroatoms. The van der Waals surface area contributed by atoms with Gasteiger partial charge in [-0.3, -0.25) is 10.2 Å². The molecule has 3 N–H and O–H groups in total. The number of hydrazone groups is 1. The highest BCUT2D eigenvalue weighted by molar-refractivity contribution is 5.91. The molecular weight excluding hydrogens is 266 g/mol. The zero-order valence-corrected chi connectivity index (χ0v) is 11.1. The lowest BCUT2D eigenvalue weighted by Gasteiger charge is -2.02. The molecule has 0 bridgehead atoms. The predicted octanol–water partition coefficient (Wildman–Crippen LogP) is 2.82. The number of fused-ring (bicyclic) bond motifs is 1. The topological polar surface area (TPSA) is 80.6 Å². The van der Waals surface area contributed by atoms with Gasteiger partial charge in [-0.1, -0.05) is 30.3 Å². The second kappa shape index (κ2) is 5.50. The van der Waals surface area contributed by atoms with Gasteiger partial charge in [0.05, 0.1) is 17.3 Å². The Morgan fingerprint density at radius 1 is 1.05 bits per heavy atom. The third-order valence-electron chi connectivity index (χ3n) is 3.02. The highest BCUT2D eigenvalue weighted by Crippen LogP contribution is 2.16. The van der Waals surface area contributed by atoms with Gasteiger partial charge < -0.3 is 10.2 Å². The Hall–Kier alpha value is -3.08. The molecule has 0 fully saturated rings. The fourth-order valence-corrected chi connectivity index (χ4v) is 1.98. The molecule has 0 saturated carbocycles. The lowest BCUT2D eigenvalue weighted by atomic mass is 10.2. The number of benzene rings is 2. The van der Waals surface area contributed by atoms with E-state index in [-0.39, 0.29) is 16.9 Å². The summed E-state index contributed by atoms with van der Waals surface area (Å²) in [5.41, 5.74) is 9.93. The first kappa shape index (κ1) is 12.9. The SMILES string of the molecule is Nc1oc2ccccc2c(=O)c1/C=N/Nc1ccccc1. The molecule has 0 saturated heterocycles. The summed E-state index contributed by atoms with van der Waals surface area (Å²) in [6.07, 6.45) is 1.38. The molecule has 0 radical (unpaired) electrons. The number of anilines is 2. The lowest BCUT2D eigenvalue weighted by molar-refractivity contribution is 0.624. The minimum absolute atomic E-state index is 0.0531. The van der Waals surface area contributed by atoms with Crippen molar-refractivity contribution >= 4 is 28.8 Å². The van der Waals surface area contributed by atoms with Crippen LogP contribution >= 0.6 is 0 Å². The van der Waals surface area contributed by atoms with Crippen molar-refractivity contribution in [2.45, 2.75) is 0 Å². The van der Waals surface area contributed by atoms with Gasteiger partial charge in [0, 0.05) is 0 Å². The van der Waals surface area contributed by atoms with Gasteiger partial charge in [-0.05, 0) is 24.3 Å². The Morgan fingerprint density at radius 2 is 1.76 bits per heavy atom. The second-order valence-electron chi connectivity index (χ2n) is 4.44. The van der Waals surface area contributed by atoms with Crippen molar-refractivity contribution in [3.8, 4) is 0 Å². The molecule has 0 aliphatic rings. The summed E-state index contributed by atoms with van der Waals surface area (Å²) in [4.78, 5) is 12.3. The summed E-state index contributed by atoms with van der Waals surface area (Å²) in [7, 11) is 0. The lowest BCUT2D eigenvalue weighted by Crippen LogP contribution is -2.12. The maximum atomic E-state index is 12.3. The van der Waals surface area contributed by atoms with Crippen LogP contribution in [0.2, 0.25) is 0 Å². The normalized spacial score (nSPS) is 11.0. The quantitative estimate of drug-likeness (QED) is 0.570. The van der Waals surface area contributed by atoms with E-state index in [4.69, 9.17) is 10.2 Å².